The molecule has 3 rings (SSSR count). The van der Waals surface area contributed by atoms with Crippen LogP contribution in [0.4, 0.5) is 4.39 Å². The summed E-state index contributed by atoms with van der Waals surface area (Å²) in [6.45, 7) is 1.92. The van der Waals surface area contributed by atoms with Crippen molar-refractivity contribution in [2.24, 2.45) is 7.05 Å². The third kappa shape index (κ3) is 4.04. The molecule has 1 aromatic heterocycles. The summed E-state index contributed by atoms with van der Waals surface area (Å²) in [6, 6.07) is 5.52. The van der Waals surface area contributed by atoms with Crippen molar-refractivity contribution in [3.8, 4) is 5.75 Å². The van der Waals surface area contributed by atoms with Crippen LogP contribution in [-0.2, 0) is 11.8 Å². The summed E-state index contributed by atoms with van der Waals surface area (Å²) in [5.41, 5.74) is 0. The Labute approximate surface area is 146 Å². The highest BCUT2D eigenvalue weighted by atomic mass is 35.5. The molecule has 6 nitrogen and oxygen atoms in total. The Morgan fingerprint density at radius 2 is 2.17 bits per heavy atom. The number of halogens is 2. The minimum Gasteiger partial charge on any atom is -0.484 e. The minimum atomic E-state index is -0.333. The average Bonchev–Trinajstić information content (AvgIpc) is 3.00. The van der Waals surface area contributed by atoms with E-state index in [4.69, 9.17) is 4.74 Å². The van der Waals surface area contributed by atoms with Crippen molar-refractivity contribution < 1.29 is 13.9 Å². The zero-order chi connectivity index (χ0) is 16.2. The van der Waals surface area contributed by atoms with E-state index in [1.807, 2.05) is 17.8 Å². The van der Waals surface area contributed by atoms with Gasteiger partial charge in [-0.1, -0.05) is 0 Å². The summed E-state index contributed by atoms with van der Waals surface area (Å²) in [7, 11) is 1.91. The summed E-state index contributed by atoms with van der Waals surface area (Å²) in [5, 5.41) is 3.29. The van der Waals surface area contributed by atoms with Crippen LogP contribution < -0.4 is 10.1 Å². The number of hydrogen-bond donors (Lipinski definition) is 1. The van der Waals surface area contributed by atoms with Crippen LogP contribution in [0.5, 0.6) is 5.75 Å². The first-order valence-corrected chi connectivity index (χ1v) is 7.51. The molecule has 1 N–H and O–H groups in total. The van der Waals surface area contributed by atoms with E-state index in [2.05, 4.69) is 10.3 Å². The number of aromatic nitrogens is 2. The van der Waals surface area contributed by atoms with Gasteiger partial charge >= 0.3 is 0 Å². The topological polar surface area (TPSA) is 59.4 Å². The second kappa shape index (κ2) is 8.12. The van der Waals surface area contributed by atoms with Crippen LogP contribution in [0.3, 0.4) is 0 Å². The lowest BCUT2D eigenvalue weighted by atomic mass is 10.1. The predicted octanol–water partition coefficient (Wildman–Crippen LogP) is 1.53. The summed E-state index contributed by atoms with van der Waals surface area (Å²) in [6.07, 6.45) is 3.59. The van der Waals surface area contributed by atoms with Crippen molar-refractivity contribution in [3.63, 3.8) is 0 Å². The number of nitrogens with zero attached hydrogens (tertiary/aromatic N) is 3. The number of nitrogens with one attached hydrogen (secondary N) is 1. The molecule has 1 aromatic carbocycles. The van der Waals surface area contributed by atoms with E-state index in [0.29, 0.717) is 18.8 Å². The van der Waals surface area contributed by atoms with Gasteiger partial charge in [-0.3, -0.25) is 4.79 Å². The molecule has 1 saturated heterocycles. The normalized spacial score (nSPS) is 17.2. The van der Waals surface area contributed by atoms with Gasteiger partial charge in [0.05, 0.1) is 0 Å². The monoisotopic (exact) mass is 354 g/mol. The van der Waals surface area contributed by atoms with Crippen molar-refractivity contribution >= 4 is 18.3 Å². The molecule has 8 heteroatoms. The second-order valence-corrected chi connectivity index (χ2v) is 5.45. The lowest BCUT2D eigenvalue weighted by Crippen LogP contribution is -2.50. The minimum absolute atomic E-state index is 0. The van der Waals surface area contributed by atoms with E-state index in [1.165, 1.54) is 24.3 Å². The maximum Gasteiger partial charge on any atom is 0.261 e. The highest BCUT2D eigenvalue weighted by Crippen LogP contribution is 2.21. The first kappa shape index (κ1) is 18.2. The SMILES string of the molecule is Cl.Cn1ccnc1C1CNCCN1C(=O)COc1ccc(F)cc1. The second-order valence-electron chi connectivity index (χ2n) is 5.45. The molecule has 0 aliphatic carbocycles. The third-order valence-corrected chi connectivity index (χ3v) is 3.90. The standard InChI is InChI=1S/C16H19FN4O2.ClH/c1-20-8-7-19-16(20)14-10-18-6-9-21(14)15(22)11-23-13-4-2-12(17)3-5-13;/h2-5,7-8,14,18H,6,9-11H2,1H3;1H. The zero-order valence-corrected chi connectivity index (χ0v) is 14.1. The van der Waals surface area contributed by atoms with E-state index >= 15 is 0 Å². The van der Waals surface area contributed by atoms with Gasteiger partial charge in [-0.05, 0) is 24.3 Å². The lowest BCUT2D eigenvalue weighted by molar-refractivity contribution is -0.137. The smallest absolute Gasteiger partial charge is 0.261 e. The fourth-order valence-electron chi connectivity index (χ4n) is 2.69. The number of benzene rings is 1. The van der Waals surface area contributed by atoms with Gasteiger partial charge in [0, 0.05) is 39.1 Å². The number of carbonyl (C=O) groups excluding carboxylic acids is 1. The number of ether oxygens (including phenoxy) is 1. The van der Waals surface area contributed by atoms with Crippen molar-refractivity contribution in [3.05, 3.63) is 48.3 Å². The van der Waals surface area contributed by atoms with Gasteiger partial charge in [-0.25, -0.2) is 9.37 Å². The molecule has 1 aliphatic rings. The lowest BCUT2D eigenvalue weighted by Gasteiger charge is -2.35. The number of piperazine rings is 1. The van der Waals surface area contributed by atoms with Gasteiger partial charge in [-0.15, -0.1) is 12.4 Å². The highest BCUT2D eigenvalue weighted by Gasteiger charge is 2.30. The average molecular weight is 355 g/mol. The van der Waals surface area contributed by atoms with Gasteiger partial charge in [0.15, 0.2) is 6.61 Å². The van der Waals surface area contributed by atoms with Crippen molar-refractivity contribution in [1.29, 1.82) is 0 Å². The fourth-order valence-corrected chi connectivity index (χ4v) is 2.69. The van der Waals surface area contributed by atoms with E-state index in [0.717, 1.165) is 12.4 Å². The quantitative estimate of drug-likeness (QED) is 0.904. The largest absolute Gasteiger partial charge is 0.484 e. The fraction of sp³-hybridized carbons (Fsp3) is 0.375. The number of carbonyl (C=O) groups is 1. The Balaban J connectivity index is 0.00000208. The van der Waals surface area contributed by atoms with E-state index < -0.39 is 0 Å². The van der Waals surface area contributed by atoms with Crippen LogP contribution in [0, 0.1) is 5.82 Å². The molecular weight excluding hydrogens is 335 g/mol. The molecule has 0 bridgehead atoms. The van der Waals surface area contributed by atoms with Gasteiger partial charge in [0.2, 0.25) is 0 Å². The van der Waals surface area contributed by atoms with Crippen LogP contribution in [-0.4, -0.2) is 46.6 Å². The Hall–Kier alpha value is -2.12. The molecule has 0 saturated carbocycles. The number of amides is 1. The molecule has 1 unspecified atom stereocenters. The molecule has 0 radical (unpaired) electrons. The Kier molecular flexibility index (Phi) is 6.16. The molecule has 2 heterocycles. The molecule has 1 fully saturated rings. The number of rotatable bonds is 4. The predicted molar refractivity (Wildman–Crippen MR) is 89.7 cm³/mol. The summed E-state index contributed by atoms with van der Waals surface area (Å²) in [4.78, 5) is 18.6. The number of imidazole rings is 1. The van der Waals surface area contributed by atoms with Crippen LogP contribution in [0.1, 0.15) is 11.9 Å². The zero-order valence-electron chi connectivity index (χ0n) is 13.3. The molecule has 1 atom stereocenters. The van der Waals surface area contributed by atoms with E-state index in [9.17, 15) is 9.18 Å². The molecule has 2 aromatic rings. The molecule has 1 amide bonds. The van der Waals surface area contributed by atoms with Crippen LogP contribution >= 0.6 is 12.4 Å². The first-order valence-electron chi connectivity index (χ1n) is 7.51. The Bertz CT molecular complexity index is 677. The maximum atomic E-state index is 12.9. The molecule has 1 aliphatic heterocycles. The van der Waals surface area contributed by atoms with Crippen LogP contribution in [0.2, 0.25) is 0 Å². The van der Waals surface area contributed by atoms with E-state index in [-0.39, 0.29) is 36.8 Å². The number of hydrogen-bond acceptors (Lipinski definition) is 4. The maximum absolute atomic E-state index is 12.9. The van der Waals surface area contributed by atoms with E-state index in [1.54, 1.807) is 11.1 Å². The molecule has 130 valence electrons. The van der Waals surface area contributed by atoms with Crippen LogP contribution in [0.15, 0.2) is 36.7 Å². The first-order chi connectivity index (χ1) is 11.1. The third-order valence-electron chi connectivity index (χ3n) is 3.90. The molecule has 24 heavy (non-hydrogen) atoms. The van der Waals surface area contributed by atoms with Gasteiger partial charge in [-0.2, -0.15) is 0 Å². The van der Waals surface area contributed by atoms with Crippen molar-refractivity contribution in [2.45, 2.75) is 6.04 Å². The number of aryl methyl sites for hydroxylation is 1. The summed E-state index contributed by atoms with van der Waals surface area (Å²) >= 11 is 0. The van der Waals surface area contributed by atoms with Crippen molar-refractivity contribution in [1.82, 2.24) is 19.8 Å². The highest BCUT2D eigenvalue weighted by molar-refractivity contribution is 5.85. The summed E-state index contributed by atoms with van der Waals surface area (Å²) in [5.74, 6) is 0.875. The van der Waals surface area contributed by atoms with Gasteiger partial charge in [0.25, 0.3) is 5.91 Å². The molecular formula is C16H20ClFN4O2. The molecule has 0 spiro atoms. The van der Waals surface area contributed by atoms with Crippen LogP contribution in [0.25, 0.3) is 0 Å². The van der Waals surface area contributed by atoms with Gasteiger partial charge in [0.1, 0.15) is 23.4 Å². The van der Waals surface area contributed by atoms with Crippen molar-refractivity contribution in [2.75, 3.05) is 26.2 Å². The Morgan fingerprint density at radius 3 is 2.83 bits per heavy atom. The Morgan fingerprint density at radius 1 is 1.42 bits per heavy atom. The summed E-state index contributed by atoms with van der Waals surface area (Å²) < 4.78 is 20.3. The van der Waals surface area contributed by atoms with Gasteiger partial charge < -0.3 is 19.5 Å².